The maximum absolute atomic E-state index is 11.8. The van der Waals surface area contributed by atoms with Crippen LogP contribution in [-0.4, -0.2) is 18.9 Å². The van der Waals surface area contributed by atoms with E-state index >= 15 is 0 Å². The first-order valence-electron chi connectivity index (χ1n) is 6.78. The zero-order chi connectivity index (χ0) is 16.1. The molecule has 0 saturated carbocycles. The first-order valence-corrected chi connectivity index (χ1v) is 6.78. The fourth-order valence-corrected chi connectivity index (χ4v) is 2.00. The molecule has 22 heavy (non-hydrogen) atoms. The molecule has 0 spiro atoms. The predicted octanol–water partition coefficient (Wildman–Crippen LogP) is 2.16. The predicted molar refractivity (Wildman–Crippen MR) is 81.7 cm³/mol. The van der Waals surface area contributed by atoms with E-state index in [1.165, 1.54) is 7.11 Å². The van der Waals surface area contributed by atoms with Gasteiger partial charge in [0, 0.05) is 23.9 Å². The highest BCUT2D eigenvalue weighted by Gasteiger charge is 2.15. The third-order valence-electron chi connectivity index (χ3n) is 3.12. The van der Waals surface area contributed by atoms with E-state index in [9.17, 15) is 9.59 Å². The Bertz CT molecular complexity index is 691. The number of carbonyl (C=O) groups is 2. The summed E-state index contributed by atoms with van der Waals surface area (Å²) < 4.78 is 10.4. The summed E-state index contributed by atoms with van der Waals surface area (Å²) in [4.78, 5) is 23.6. The number of aryl methyl sites for hydroxylation is 2. The zero-order valence-corrected chi connectivity index (χ0v) is 12.7. The van der Waals surface area contributed by atoms with Gasteiger partial charge in [0.25, 0.3) is 0 Å². The number of hydrogen-bond donors (Lipinski definition) is 2. The van der Waals surface area contributed by atoms with Gasteiger partial charge in [-0.3, -0.25) is 9.59 Å². The number of hydrogen-bond acceptors (Lipinski definition) is 4. The first-order chi connectivity index (χ1) is 10.5. The second-order valence-corrected chi connectivity index (χ2v) is 4.81. The molecule has 2 N–H and O–H groups in total. The van der Waals surface area contributed by atoms with Gasteiger partial charge >= 0.3 is 11.8 Å². The van der Waals surface area contributed by atoms with Gasteiger partial charge in [-0.15, -0.1) is 0 Å². The number of benzene rings is 1. The lowest BCUT2D eigenvalue weighted by molar-refractivity contribution is -0.136. The number of rotatable bonds is 4. The summed E-state index contributed by atoms with van der Waals surface area (Å²) in [5.74, 6) is 0.656. The van der Waals surface area contributed by atoms with Crippen molar-refractivity contribution in [3.8, 4) is 5.75 Å². The van der Waals surface area contributed by atoms with Crippen LogP contribution in [0.5, 0.6) is 5.75 Å². The van der Waals surface area contributed by atoms with Gasteiger partial charge in [-0.05, 0) is 32.0 Å². The summed E-state index contributed by atoms with van der Waals surface area (Å²) in [6.07, 6.45) is 0. The number of anilines is 1. The molecule has 1 aromatic carbocycles. The highest BCUT2D eigenvalue weighted by Crippen LogP contribution is 2.16. The fourth-order valence-electron chi connectivity index (χ4n) is 2.00. The third kappa shape index (κ3) is 3.88. The van der Waals surface area contributed by atoms with Gasteiger partial charge < -0.3 is 19.8 Å². The normalized spacial score (nSPS) is 10.1. The van der Waals surface area contributed by atoms with E-state index in [2.05, 4.69) is 10.6 Å². The lowest BCUT2D eigenvalue weighted by atomic mass is 10.2. The summed E-state index contributed by atoms with van der Waals surface area (Å²) >= 11 is 0. The second kappa shape index (κ2) is 6.80. The molecule has 0 atom stereocenters. The van der Waals surface area contributed by atoms with Crippen molar-refractivity contribution in [1.82, 2.24) is 5.32 Å². The zero-order valence-electron chi connectivity index (χ0n) is 12.7. The van der Waals surface area contributed by atoms with Crippen LogP contribution < -0.4 is 15.4 Å². The van der Waals surface area contributed by atoms with Crippen molar-refractivity contribution >= 4 is 17.5 Å². The Morgan fingerprint density at radius 1 is 1.18 bits per heavy atom. The Morgan fingerprint density at radius 3 is 2.59 bits per heavy atom. The van der Waals surface area contributed by atoms with Gasteiger partial charge in [0.2, 0.25) is 0 Å². The van der Waals surface area contributed by atoms with E-state index in [0.29, 0.717) is 11.4 Å². The van der Waals surface area contributed by atoms with E-state index in [1.54, 1.807) is 24.3 Å². The molecule has 0 aliphatic rings. The van der Waals surface area contributed by atoms with Crippen LogP contribution >= 0.6 is 0 Å². The van der Waals surface area contributed by atoms with Crippen molar-refractivity contribution < 1.29 is 18.7 Å². The van der Waals surface area contributed by atoms with Crippen LogP contribution in [-0.2, 0) is 16.1 Å². The summed E-state index contributed by atoms with van der Waals surface area (Å²) in [5.41, 5.74) is 1.34. The molecular formula is C16H18N2O4. The fraction of sp³-hybridized carbons (Fsp3) is 0.250. The molecule has 1 aromatic heterocycles. The van der Waals surface area contributed by atoms with Gasteiger partial charge in [-0.25, -0.2) is 0 Å². The second-order valence-electron chi connectivity index (χ2n) is 4.81. The van der Waals surface area contributed by atoms with Gasteiger partial charge in [0.1, 0.15) is 17.3 Å². The van der Waals surface area contributed by atoms with Crippen molar-refractivity contribution in [1.29, 1.82) is 0 Å². The average Bonchev–Trinajstić information content (AvgIpc) is 2.82. The number of nitrogens with one attached hydrogen (secondary N) is 2. The van der Waals surface area contributed by atoms with E-state index < -0.39 is 11.8 Å². The molecular weight excluding hydrogens is 284 g/mol. The Labute approximate surface area is 128 Å². The molecule has 2 aromatic rings. The van der Waals surface area contributed by atoms with E-state index in [4.69, 9.17) is 9.15 Å². The van der Waals surface area contributed by atoms with Crippen molar-refractivity contribution in [2.75, 3.05) is 12.4 Å². The quantitative estimate of drug-likeness (QED) is 0.848. The SMILES string of the molecule is COc1cccc(NC(=O)C(=O)NCc2cc(C)oc2C)c1. The smallest absolute Gasteiger partial charge is 0.313 e. The molecule has 0 saturated heterocycles. The molecule has 2 amide bonds. The van der Waals surface area contributed by atoms with Crippen LogP contribution in [0, 0.1) is 13.8 Å². The minimum Gasteiger partial charge on any atom is -0.497 e. The number of methoxy groups -OCH3 is 1. The van der Waals surface area contributed by atoms with Crippen LogP contribution in [0.1, 0.15) is 17.1 Å². The Balaban J connectivity index is 1.92. The lowest BCUT2D eigenvalue weighted by Crippen LogP contribution is -2.35. The third-order valence-corrected chi connectivity index (χ3v) is 3.12. The molecule has 0 unspecified atom stereocenters. The topological polar surface area (TPSA) is 80.6 Å². The molecule has 1 heterocycles. The van der Waals surface area contributed by atoms with Crippen molar-refractivity contribution in [2.24, 2.45) is 0 Å². The number of amides is 2. The molecule has 0 fully saturated rings. The van der Waals surface area contributed by atoms with Crippen LogP contribution in [0.25, 0.3) is 0 Å². The standard InChI is InChI=1S/C16H18N2O4/c1-10-7-12(11(2)22-10)9-17-15(19)16(20)18-13-5-4-6-14(8-13)21-3/h4-8H,9H2,1-3H3,(H,17,19)(H,18,20). The number of furan rings is 1. The molecule has 6 heteroatoms. The average molecular weight is 302 g/mol. The summed E-state index contributed by atoms with van der Waals surface area (Å²) in [7, 11) is 1.53. The molecule has 0 aliphatic heterocycles. The molecule has 2 rings (SSSR count). The molecule has 0 radical (unpaired) electrons. The first kappa shape index (κ1) is 15.6. The van der Waals surface area contributed by atoms with Gasteiger partial charge in [-0.1, -0.05) is 6.07 Å². The summed E-state index contributed by atoms with van der Waals surface area (Å²) in [6.45, 7) is 3.88. The largest absolute Gasteiger partial charge is 0.497 e. The molecule has 6 nitrogen and oxygen atoms in total. The Hall–Kier alpha value is -2.76. The van der Waals surface area contributed by atoms with Crippen LogP contribution in [0.4, 0.5) is 5.69 Å². The van der Waals surface area contributed by atoms with Crippen LogP contribution in [0.2, 0.25) is 0 Å². The van der Waals surface area contributed by atoms with Crippen LogP contribution in [0.3, 0.4) is 0 Å². The van der Waals surface area contributed by atoms with Crippen molar-refractivity contribution in [3.05, 3.63) is 47.4 Å². The maximum atomic E-state index is 11.8. The maximum Gasteiger partial charge on any atom is 0.313 e. The van der Waals surface area contributed by atoms with Crippen LogP contribution in [0.15, 0.2) is 34.7 Å². The Morgan fingerprint density at radius 2 is 1.95 bits per heavy atom. The van der Waals surface area contributed by atoms with E-state index in [1.807, 2.05) is 19.9 Å². The lowest BCUT2D eigenvalue weighted by Gasteiger charge is -2.07. The molecule has 0 bridgehead atoms. The highest BCUT2D eigenvalue weighted by atomic mass is 16.5. The van der Waals surface area contributed by atoms with Crippen molar-refractivity contribution in [2.45, 2.75) is 20.4 Å². The molecule has 116 valence electrons. The highest BCUT2D eigenvalue weighted by molar-refractivity contribution is 6.39. The van der Waals surface area contributed by atoms with Gasteiger partial charge in [0.15, 0.2) is 0 Å². The molecule has 0 aliphatic carbocycles. The summed E-state index contributed by atoms with van der Waals surface area (Å²) in [5, 5.41) is 5.08. The monoisotopic (exact) mass is 302 g/mol. The summed E-state index contributed by atoms with van der Waals surface area (Å²) in [6, 6.07) is 8.62. The number of ether oxygens (including phenoxy) is 1. The van der Waals surface area contributed by atoms with Crippen molar-refractivity contribution in [3.63, 3.8) is 0 Å². The minimum atomic E-state index is -0.730. The van der Waals surface area contributed by atoms with E-state index in [-0.39, 0.29) is 6.54 Å². The van der Waals surface area contributed by atoms with E-state index in [0.717, 1.165) is 17.1 Å². The minimum absolute atomic E-state index is 0.244. The number of carbonyl (C=O) groups excluding carboxylic acids is 2. The van der Waals surface area contributed by atoms with Gasteiger partial charge in [0.05, 0.1) is 7.11 Å². The Kier molecular flexibility index (Phi) is 4.83. The van der Waals surface area contributed by atoms with Gasteiger partial charge in [-0.2, -0.15) is 0 Å².